The Labute approximate surface area is 117 Å². The van der Waals surface area contributed by atoms with E-state index < -0.39 is 24.1 Å². The third kappa shape index (κ3) is 4.77. The Morgan fingerprint density at radius 3 is 2.35 bits per heavy atom. The van der Waals surface area contributed by atoms with Gasteiger partial charge in [-0.15, -0.1) is 0 Å². The highest BCUT2D eigenvalue weighted by Crippen LogP contribution is 2.13. The van der Waals surface area contributed by atoms with Gasteiger partial charge < -0.3 is 20.4 Å². The number of hydrogen-bond donors (Lipinski definition) is 4. The van der Waals surface area contributed by atoms with Gasteiger partial charge in [0, 0.05) is 24.5 Å². The third-order valence-corrected chi connectivity index (χ3v) is 3.10. The van der Waals surface area contributed by atoms with Crippen molar-refractivity contribution in [1.82, 2.24) is 0 Å². The smallest absolute Gasteiger partial charge is 0.331 e. The van der Waals surface area contributed by atoms with E-state index in [9.17, 15) is 15.0 Å². The van der Waals surface area contributed by atoms with Crippen LogP contribution in [0.2, 0.25) is 0 Å². The van der Waals surface area contributed by atoms with Crippen LogP contribution in [-0.2, 0) is 11.2 Å². The number of carboxylic acids is 1. The third-order valence-electron chi connectivity index (χ3n) is 3.10. The van der Waals surface area contributed by atoms with Crippen LogP contribution >= 0.6 is 0 Å². The van der Waals surface area contributed by atoms with Crippen molar-refractivity contribution in [3.8, 4) is 0 Å². The summed E-state index contributed by atoms with van der Waals surface area (Å²) in [5, 5.41) is 37.6. The van der Waals surface area contributed by atoms with Crippen molar-refractivity contribution in [3.05, 3.63) is 47.5 Å². The summed E-state index contributed by atoms with van der Waals surface area (Å²) in [5.74, 6) is -1.68. The molecule has 0 saturated heterocycles. The lowest BCUT2D eigenvalue weighted by molar-refractivity contribution is -0.132. The monoisotopic (exact) mass is 280 g/mol. The second-order valence-corrected chi connectivity index (χ2v) is 4.80. The van der Waals surface area contributed by atoms with Crippen LogP contribution in [0.15, 0.2) is 42.0 Å². The van der Waals surface area contributed by atoms with Gasteiger partial charge in [0.05, 0.1) is 12.2 Å². The Morgan fingerprint density at radius 2 is 1.85 bits per heavy atom. The molecule has 0 aromatic heterocycles. The first-order valence-electron chi connectivity index (χ1n) is 6.40. The molecule has 0 radical (unpaired) electrons. The van der Waals surface area contributed by atoms with Gasteiger partial charge in [-0.25, -0.2) is 4.79 Å². The highest BCUT2D eigenvalue weighted by atomic mass is 16.4. The first kappa shape index (κ1) is 16.4. The standard InChI is InChI=1S/C15H20O5/c1-10(9-16)14(18)13(17)8-12(15(19)20)7-11-5-3-2-4-6-11/h2-6,8,10,13-14,16-18H,7,9H2,1H3,(H,19,20). The van der Waals surface area contributed by atoms with Crippen molar-refractivity contribution in [2.24, 2.45) is 5.92 Å². The largest absolute Gasteiger partial charge is 0.478 e. The fourth-order valence-electron chi connectivity index (χ4n) is 1.77. The quantitative estimate of drug-likeness (QED) is 0.548. The van der Waals surface area contributed by atoms with Gasteiger partial charge in [0.2, 0.25) is 0 Å². The molecule has 1 aromatic rings. The van der Waals surface area contributed by atoms with Crippen molar-refractivity contribution in [2.75, 3.05) is 6.61 Å². The van der Waals surface area contributed by atoms with E-state index in [1.54, 1.807) is 31.2 Å². The summed E-state index contributed by atoms with van der Waals surface area (Å²) >= 11 is 0. The van der Waals surface area contributed by atoms with Gasteiger partial charge in [-0.05, 0) is 11.6 Å². The average Bonchev–Trinajstić information content (AvgIpc) is 2.45. The Balaban J connectivity index is 2.85. The van der Waals surface area contributed by atoms with E-state index in [2.05, 4.69) is 0 Å². The van der Waals surface area contributed by atoms with E-state index in [-0.39, 0.29) is 18.6 Å². The number of rotatable bonds is 7. The van der Waals surface area contributed by atoms with Crippen molar-refractivity contribution < 1.29 is 25.2 Å². The number of aliphatic hydroxyl groups is 3. The van der Waals surface area contributed by atoms with E-state index in [1.165, 1.54) is 0 Å². The lowest BCUT2D eigenvalue weighted by Crippen LogP contribution is -2.33. The Hall–Kier alpha value is -1.69. The van der Waals surface area contributed by atoms with Crippen LogP contribution in [-0.4, -0.2) is 45.2 Å². The minimum atomic E-state index is -1.33. The maximum atomic E-state index is 11.2. The number of carbonyl (C=O) groups is 1. The molecule has 4 N–H and O–H groups in total. The van der Waals surface area contributed by atoms with Crippen LogP contribution in [0.1, 0.15) is 12.5 Å². The lowest BCUT2D eigenvalue weighted by Gasteiger charge is -2.20. The first-order chi connectivity index (χ1) is 9.45. The normalized spacial score (nSPS) is 16.5. The molecule has 1 aromatic carbocycles. The average molecular weight is 280 g/mol. The predicted molar refractivity (Wildman–Crippen MR) is 74.1 cm³/mol. The molecule has 1 rings (SSSR count). The molecule has 5 nitrogen and oxygen atoms in total. The van der Waals surface area contributed by atoms with E-state index >= 15 is 0 Å². The molecule has 0 fully saturated rings. The number of benzene rings is 1. The fraction of sp³-hybridized carbons (Fsp3) is 0.400. The second-order valence-electron chi connectivity index (χ2n) is 4.80. The molecule has 0 aliphatic carbocycles. The van der Waals surface area contributed by atoms with Gasteiger partial charge >= 0.3 is 5.97 Å². The maximum absolute atomic E-state index is 11.2. The predicted octanol–water partition coefficient (Wildman–Crippen LogP) is 0.590. The van der Waals surface area contributed by atoms with Gasteiger partial charge in [0.25, 0.3) is 0 Å². The molecule has 3 atom stereocenters. The molecular formula is C15H20O5. The molecule has 0 bridgehead atoms. The molecule has 0 spiro atoms. The SMILES string of the molecule is CC(CO)C(O)C(O)C=C(Cc1ccccc1)C(=O)O. The molecule has 3 unspecified atom stereocenters. The van der Waals surface area contributed by atoms with E-state index in [0.29, 0.717) is 0 Å². The number of carboxylic acid groups (broad SMARTS) is 1. The summed E-state index contributed by atoms with van der Waals surface area (Å²) in [6.45, 7) is 1.28. The minimum Gasteiger partial charge on any atom is -0.478 e. The summed E-state index contributed by atoms with van der Waals surface area (Å²) in [6, 6.07) is 9.00. The molecule has 20 heavy (non-hydrogen) atoms. The lowest BCUT2D eigenvalue weighted by atomic mass is 9.97. The summed E-state index contributed by atoms with van der Waals surface area (Å²) in [5.41, 5.74) is 0.811. The van der Waals surface area contributed by atoms with Crippen LogP contribution in [0.5, 0.6) is 0 Å². The topological polar surface area (TPSA) is 98.0 Å². The number of aliphatic carboxylic acids is 1. The van der Waals surface area contributed by atoms with Gasteiger partial charge in [-0.1, -0.05) is 37.3 Å². The van der Waals surface area contributed by atoms with Crippen molar-refractivity contribution in [3.63, 3.8) is 0 Å². The highest BCUT2D eigenvalue weighted by molar-refractivity contribution is 5.87. The van der Waals surface area contributed by atoms with Crippen molar-refractivity contribution in [2.45, 2.75) is 25.6 Å². The molecule has 110 valence electrons. The van der Waals surface area contributed by atoms with Gasteiger partial charge in [-0.3, -0.25) is 0 Å². The summed E-state index contributed by atoms with van der Waals surface area (Å²) in [6.07, 6.45) is -1.24. The zero-order chi connectivity index (χ0) is 15.1. The molecule has 5 heteroatoms. The first-order valence-corrected chi connectivity index (χ1v) is 6.40. The summed E-state index contributed by atoms with van der Waals surface area (Å²) in [7, 11) is 0. The van der Waals surface area contributed by atoms with Crippen LogP contribution in [0, 0.1) is 5.92 Å². The number of hydrogen-bond acceptors (Lipinski definition) is 4. The molecule has 0 aliphatic rings. The van der Waals surface area contributed by atoms with Gasteiger partial charge in [-0.2, -0.15) is 0 Å². The molecule has 0 amide bonds. The minimum absolute atomic E-state index is 0.00731. The van der Waals surface area contributed by atoms with Crippen LogP contribution in [0.3, 0.4) is 0 Å². The Bertz CT molecular complexity index is 455. The molecule has 0 saturated carbocycles. The van der Waals surface area contributed by atoms with E-state index in [1.807, 2.05) is 6.07 Å². The van der Waals surface area contributed by atoms with Crippen LogP contribution in [0.25, 0.3) is 0 Å². The van der Waals surface area contributed by atoms with Crippen LogP contribution < -0.4 is 0 Å². The second kappa shape index (κ2) is 7.79. The molecule has 0 aliphatic heterocycles. The van der Waals surface area contributed by atoms with E-state index in [4.69, 9.17) is 10.2 Å². The van der Waals surface area contributed by atoms with Crippen molar-refractivity contribution in [1.29, 1.82) is 0 Å². The summed E-state index contributed by atoms with van der Waals surface area (Å²) < 4.78 is 0. The fourth-order valence-corrected chi connectivity index (χ4v) is 1.77. The Kier molecular flexibility index (Phi) is 6.38. The Morgan fingerprint density at radius 1 is 1.25 bits per heavy atom. The zero-order valence-electron chi connectivity index (χ0n) is 11.3. The summed E-state index contributed by atoms with van der Waals surface area (Å²) in [4.78, 5) is 11.2. The number of aliphatic hydroxyl groups excluding tert-OH is 3. The van der Waals surface area contributed by atoms with Gasteiger partial charge in [0.1, 0.15) is 0 Å². The molecule has 0 heterocycles. The zero-order valence-corrected chi connectivity index (χ0v) is 11.3. The van der Waals surface area contributed by atoms with Gasteiger partial charge in [0.15, 0.2) is 0 Å². The van der Waals surface area contributed by atoms with Crippen LogP contribution in [0.4, 0.5) is 0 Å². The highest BCUT2D eigenvalue weighted by Gasteiger charge is 2.22. The van der Waals surface area contributed by atoms with Crippen molar-refractivity contribution >= 4 is 5.97 Å². The molecular weight excluding hydrogens is 260 g/mol. The van der Waals surface area contributed by atoms with E-state index in [0.717, 1.165) is 11.6 Å². The maximum Gasteiger partial charge on any atom is 0.331 e.